The third kappa shape index (κ3) is 1.28. The summed E-state index contributed by atoms with van der Waals surface area (Å²) in [6, 6.07) is 7.49. The number of hydrogen-bond acceptors (Lipinski definition) is 3. The number of nitroso groups, excluding NO2 is 1. The summed E-state index contributed by atoms with van der Waals surface area (Å²) in [5.74, 6) is 0. The van der Waals surface area contributed by atoms with E-state index in [0.717, 1.165) is 10.9 Å². The van der Waals surface area contributed by atoms with E-state index in [-0.39, 0.29) is 0 Å². The first kappa shape index (κ1) is 7.86. The van der Waals surface area contributed by atoms with Crippen LogP contribution in [0.3, 0.4) is 0 Å². The average Bonchev–Trinajstić information content (AvgIpc) is 2.16. The second kappa shape index (κ2) is 2.94. The molecule has 0 aliphatic heterocycles. The van der Waals surface area contributed by atoms with Gasteiger partial charge in [-0.2, -0.15) is 0 Å². The summed E-state index contributed by atoms with van der Waals surface area (Å²) in [5.41, 5.74) is 2.11. The fraction of sp³-hybridized carbons (Fsp3) is 0.100. The van der Waals surface area contributed by atoms with E-state index in [1.165, 1.54) is 0 Å². The molecule has 0 saturated heterocycles. The van der Waals surface area contributed by atoms with Gasteiger partial charge in [0.25, 0.3) is 0 Å². The van der Waals surface area contributed by atoms with Gasteiger partial charge in [-0.1, -0.05) is 6.07 Å². The zero-order valence-corrected chi connectivity index (χ0v) is 7.19. The van der Waals surface area contributed by atoms with E-state index < -0.39 is 0 Å². The number of hydrogen-bond donors (Lipinski definition) is 0. The Kier molecular flexibility index (Phi) is 1.77. The first-order valence-electron chi connectivity index (χ1n) is 4.00. The lowest BCUT2D eigenvalue weighted by Gasteiger charge is -1.99. The predicted octanol–water partition coefficient (Wildman–Crippen LogP) is 2.94. The average molecular weight is 172 g/mol. The van der Waals surface area contributed by atoms with E-state index in [9.17, 15) is 4.91 Å². The van der Waals surface area contributed by atoms with Crippen molar-refractivity contribution >= 4 is 16.6 Å². The molecule has 0 aliphatic rings. The van der Waals surface area contributed by atoms with Gasteiger partial charge < -0.3 is 0 Å². The summed E-state index contributed by atoms with van der Waals surface area (Å²) >= 11 is 0. The molecule has 2 aromatic rings. The molecule has 64 valence electrons. The minimum absolute atomic E-state index is 0.413. The van der Waals surface area contributed by atoms with Gasteiger partial charge in [-0.3, -0.25) is 4.98 Å². The Balaban J connectivity index is 2.89. The van der Waals surface area contributed by atoms with Crippen molar-refractivity contribution < 1.29 is 0 Å². The van der Waals surface area contributed by atoms with Crippen LogP contribution in [0.5, 0.6) is 0 Å². The molecular weight excluding hydrogens is 164 g/mol. The number of benzene rings is 1. The first-order chi connectivity index (χ1) is 6.31. The van der Waals surface area contributed by atoms with Gasteiger partial charge in [0.15, 0.2) is 0 Å². The first-order valence-corrected chi connectivity index (χ1v) is 4.00. The van der Waals surface area contributed by atoms with Crippen LogP contribution in [0, 0.1) is 11.8 Å². The highest BCUT2D eigenvalue weighted by atomic mass is 16.3. The van der Waals surface area contributed by atoms with Gasteiger partial charge in [0, 0.05) is 11.6 Å². The molecule has 0 N–H and O–H groups in total. The fourth-order valence-electron chi connectivity index (χ4n) is 1.39. The number of pyridine rings is 1. The van der Waals surface area contributed by atoms with Crippen LogP contribution in [-0.4, -0.2) is 4.98 Å². The quantitative estimate of drug-likeness (QED) is 0.620. The van der Waals surface area contributed by atoms with Crippen LogP contribution >= 0.6 is 0 Å². The predicted molar refractivity (Wildman–Crippen MR) is 51.9 cm³/mol. The summed E-state index contributed by atoms with van der Waals surface area (Å²) < 4.78 is 0. The third-order valence-corrected chi connectivity index (χ3v) is 1.93. The van der Waals surface area contributed by atoms with Crippen molar-refractivity contribution in [2.75, 3.05) is 0 Å². The van der Waals surface area contributed by atoms with Crippen LogP contribution in [0.1, 0.15) is 5.56 Å². The lowest BCUT2D eigenvalue weighted by atomic mass is 10.1. The molecule has 1 heterocycles. The zero-order valence-electron chi connectivity index (χ0n) is 7.19. The lowest BCUT2D eigenvalue weighted by Crippen LogP contribution is -1.80. The molecular formula is C10H8N2O. The van der Waals surface area contributed by atoms with Crippen LogP contribution in [-0.2, 0) is 0 Å². The largest absolute Gasteiger partial charge is 0.254 e. The number of nitrogens with zero attached hydrogens (tertiary/aromatic N) is 2. The molecule has 3 heteroatoms. The van der Waals surface area contributed by atoms with Gasteiger partial charge in [0.2, 0.25) is 0 Å². The maximum atomic E-state index is 10.5. The van der Waals surface area contributed by atoms with E-state index in [2.05, 4.69) is 10.2 Å². The van der Waals surface area contributed by atoms with E-state index in [0.29, 0.717) is 11.2 Å². The Morgan fingerprint density at radius 2 is 2.23 bits per heavy atom. The Labute approximate surface area is 75.4 Å². The third-order valence-electron chi connectivity index (χ3n) is 1.93. The van der Waals surface area contributed by atoms with Gasteiger partial charge in [-0.05, 0) is 35.9 Å². The molecule has 0 spiro atoms. The van der Waals surface area contributed by atoms with Crippen LogP contribution < -0.4 is 0 Å². The highest BCUT2D eigenvalue weighted by Gasteiger charge is 2.02. The molecule has 0 bridgehead atoms. The summed E-state index contributed by atoms with van der Waals surface area (Å²) in [6.45, 7) is 1.93. The van der Waals surface area contributed by atoms with Gasteiger partial charge in [-0.15, -0.1) is 4.91 Å². The van der Waals surface area contributed by atoms with Gasteiger partial charge >= 0.3 is 0 Å². The minimum Gasteiger partial charge on any atom is -0.254 e. The molecule has 0 aliphatic carbocycles. The van der Waals surface area contributed by atoms with Crippen LogP contribution in [0.25, 0.3) is 10.9 Å². The van der Waals surface area contributed by atoms with Crippen LogP contribution in [0.15, 0.2) is 35.6 Å². The smallest absolute Gasteiger partial charge is 0.134 e. The molecule has 1 aromatic heterocycles. The molecule has 0 saturated carbocycles. The number of rotatable bonds is 1. The summed E-state index contributed by atoms with van der Waals surface area (Å²) in [4.78, 5) is 14.6. The van der Waals surface area contributed by atoms with Crippen LogP contribution in [0.4, 0.5) is 5.69 Å². The topological polar surface area (TPSA) is 42.3 Å². The molecule has 3 nitrogen and oxygen atoms in total. The second-order valence-electron chi connectivity index (χ2n) is 2.95. The van der Waals surface area contributed by atoms with Crippen molar-refractivity contribution in [2.24, 2.45) is 5.18 Å². The Morgan fingerprint density at radius 1 is 1.38 bits per heavy atom. The highest BCUT2D eigenvalue weighted by molar-refractivity contribution is 5.89. The standard InChI is InChI=1S/C10H8N2O/c1-7-5-8-3-2-4-11-10(8)9(6-7)12-13/h2-6H,1H3. The summed E-state index contributed by atoms with van der Waals surface area (Å²) in [7, 11) is 0. The minimum atomic E-state index is 0.413. The van der Waals surface area contributed by atoms with Gasteiger partial charge in [0.05, 0.1) is 5.52 Å². The monoisotopic (exact) mass is 172 g/mol. The molecule has 0 fully saturated rings. The van der Waals surface area contributed by atoms with E-state index in [4.69, 9.17) is 0 Å². The Hall–Kier alpha value is -1.77. The Morgan fingerprint density at radius 3 is 3.00 bits per heavy atom. The Bertz CT molecular complexity index is 465. The SMILES string of the molecule is Cc1cc(N=O)c2ncccc2c1. The molecule has 0 unspecified atom stereocenters. The maximum Gasteiger partial charge on any atom is 0.134 e. The molecule has 0 radical (unpaired) electrons. The molecule has 0 amide bonds. The summed E-state index contributed by atoms with van der Waals surface area (Å²) in [6.07, 6.45) is 1.66. The van der Waals surface area contributed by atoms with E-state index >= 15 is 0 Å². The van der Waals surface area contributed by atoms with Crippen molar-refractivity contribution in [3.8, 4) is 0 Å². The molecule has 13 heavy (non-hydrogen) atoms. The van der Waals surface area contributed by atoms with Crippen molar-refractivity contribution in [3.05, 3.63) is 40.9 Å². The van der Waals surface area contributed by atoms with E-state index in [1.54, 1.807) is 12.3 Å². The lowest BCUT2D eigenvalue weighted by molar-refractivity contribution is 1.36. The maximum absolute atomic E-state index is 10.5. The molecule has 1 aromatic carbocycles. The second-order valence-corrected chi connectivity index (χ2v) is 2.95. The molecule has 2 rings (SSSR count). The van der Waals surface area contributed by atoms with Crippen molar-refractivity contribution in [2.45, 2.75) is 6.92 Å². The van der Waals surface area contributed by atoms with Crippen molar-refractivity contribution in [1.29, 1.82) is 0 Å². The van der Waals surface area contributed by atoms with Crippen LogP contribution in [0.2, 0.25) is 0 Å². The molecule has 0 atom stereocenters. The fourth-order valence-corrected chi connectivity index (χ4v) is 1.39. The van der Waals surface area contributed by atoms with E-state index in [1.807, 2.05) is 25.1 Å². The highest BCUT2D eigenvalue weighted by Crippen LogP contribution is 2.25. The van der Waals surface area contributed by atoms with Crippen molar-refractivity contribution in [1.82, 2.24) is 4.98 Å². The van der Waals surface area contributed by atoms with Gasteiger partial charge in [-0.25, -0.2) is 0 Å². The zero-order chi connectivity index (χ0) is 9.26. The van der Waals surface area contributed by atoms with Gasteiger partial charge in [0.1, 0.15) is 5.69 Å². The number of aromatic nitrogens is 1. The normalized spacial score (nSPS) is 10.2. The number of fused-ring (bicyclic) bond motifs is 1. The summed E-state index contributed by atoms with van der Waals surface area (Å²) in [5, 5.41) is 3.90. The number of aryl methyl sites for hydroxylation is 1. The van der Waals surface area contributed by atoms with Crippen molar-refractivity contribution in [3.63, 3.8) is 0 Å².